The maximum Gasteiger partial charge on any atom is 0.248 e. The zero-order valence-electron chi connectivity index (χ0n) is 11.7. The van der Waals surface area contributed by atoms with Gasteiger partial charge in [0.15, 0.2) is 0 Å². The highest BCUT2D eigenvalue weighted by Crippen LogP contribution is 2.29. The molecule has 1 aliphatic rings. The van der Waals surface area contributed by atoms with E-state index in [1.54, 1.807) is 43.4 Å². The van der Waals surface area contributed by atoms with Crippen molar-refractivity contribution in [1.29, 1.82) is 0 Å². The summed E-state index contributed by atoms with van der Waals surface area (Å²) in [5, 5.41) is 0.514. The third-order valence-electron chi connectivity index (χ3n) is 3.45. The van der Waals surface area contributed by atoms with Crippen LogP contribution in [-0.4, -0.2) is 25.2 Å². The summed E-state index contributed by atoms with van der Waals surface area (Å²) in [5.41, 5.74) is 2.14. The highest BCUT2D eigenvalue weighted by molar-refractivity contribution is 6.32. The first-order valence-electron chi connectivity index (χ1n) is 6.44. The molecule has 0 bridgehead atoms. The lowest BCUT2D eigenvalue weighted by Crippen LogP contribution is -2.27. The lowest BCUT2D eigenvalue weighted by atomic mass is 10.00. The van der Waals surface area contributed by atoms with Gasteiger partial charge in [-0.25, -0.2) is 4.39 Å². The largest absolute Gasteiger partial charge is 0.313 e. The van der Waals surface area contributed by atoms with Gasteiger partial charge in [0.25, 0.3) is 0 Å². The van der Waals surface area contributed by atoms with Crippen molar-refractivity contribution in [2.24, 2.45) is 4.99 Å². The molecule has 0 fully saturated rings. The van der Waals surface area contributed by atoms with Gasteiger partial charge in [-0.1, -0.05) is 23.7 Å². The highest BCUT2D eigenvalue weighted by atomic mass is 35.5. The van der Waals surface area contributed by atoms with Crippen molar-refractivity contribution in [3.05, 3.63) is 64.4 Å². The van der Waals surface area contributed by atoms with Gasteiger partial charge in [0, 0.05) is 23.2 Å². The molecule has 0 aliphatic carbocycles. The molecular weight excluding hydrogens is 326 g/mol. The van der Waals surface area contributed by atoms with E-state index >= 15 is 0 Å². The Morgan fingerprint density at radius 3 is 2.64 bits per heavy atom. The molecule has 1 amide bonds. The van der Waals surface area contributed by atoms with Gasteiger partial charge >= 0.3 is 0 Å². The fourth-order valence-electron chi connectivity index (χ4n) is 2.35. The molecular formula is C16H13Cl2FN2O. The Labute approximate surface area is 138 Å². The topological polar surface area (TPSA) is 32.7 Å². The van der Waals surface area contributed by atoms with Crippen molar-refractivity contribution >= 4 is 41.3 Å². The normalized spacial score (nSPS) is 13.9. The smallest absolute Gasteiger partial charge is 0.248 e. The van der Waals surface area contributed by atoms with E-state index in [4.69, 9.17) is 11.6 Å². The number of hydrogen-bond acceptors (Lipinski definition) is 2. The summed E-state index contributed by atoms with van der Waals surface area (Å²) in [4.78, 5) is 17.8. The Kier molecular flexibility index (Phi) is 4.84. The van der Waals surface area contributed by atoms with Crippen LogP contribution in [0.25, 0.3) is 0 Å². The molecule has 0 saturated heterocycles. The van der Waals surface area contributed by atoms with Crippen LogP contribution in [0.15, 0.2) is 47.5 Å². The zero-order chi connectivity index (χ0) is 15.0. The number of hydrogen-bond donors (Lipinski definition) is 0. The van der Waals surface area contributed by atoms with Gasteiger partial charge in [-0.05, 0) is 30.3 Å². The fourth-order valence-corrected chi connectivity index (χ4v) is 2.52. The number of amides is 1. The van der Waals surface area contributed by atoms with Gasteiger partial charge in [0.1, 0.15) is 12.4 Å². The van der Waals surface area contributed by atoms with Crippen LogP contribution >= 0.6 is 24.0 Å². The van der Waals surface area contributed by atoms with Gasteiger partial charge in [0.2, 0.25) is 5.91 Å². The van der Waals surface area contributed by atoms with E-state index in [1.807, 2.05) is 0 Å². The maximum atomic E-state index is 14.1. The molecule has 22 heavy (non-hydrogen) atoms. The summed E-state index contributed by atoms with van der Waals surface area (Å²) in [6.07, 6.45) is 0. The molecule has 0 unspecified atom stereocenters. The average Bonchev–Trinajstić information content (AvgIpc) is 2.59. The molecule has 0 aromatic heterocycles. The van der Waals surface area contributed by atoms with Gasteiger partial charge in [-0.15, -0.1) is 12.4 Å². The van der Waals surface area contributed by atoms with E-state index in [0.29, 0.717) is 27.5 Å². The Morgan fingerprint density at radius 1 is 1.18 bits per heavy atom. The van der Waals surface area contributed by atoms with Crippen molar-refractivity contribution in [2.75, 3.05) is 18.5 Å². The summed E-state index contributed by atoms with van der Waals surface area (Å²) >= 11 is 6.05. The Bertz CT molecular complexity index is 762. The predicted octanol–water partition coefficient (Wildman–Crippen LogP) is 3.71. The molecule has 2 aromatic carbocycles. The number of benzodiazepines with no additional fused rings is 1. The molecule has 3 rings (SSSR count). The molecule has 0 saturated carbocycles. The molecule has 114 valence electrons. The predicted molar refractivity (Wildman–Crippen MR) is 89.0 cm³/mol. The van der Waals surface area contributed by atoms with Crippen molar-refractivity contribution in [1.82, 2.24) is 0 Å². The van der Waals surface area contributed by atoms with Crippen LogP contribution in [0.1, 0.15) is 11.1 Å². The van der Waals surface area contributed by atoms with Gasteiger partial charge in [-0.3, -0.25) is 9.79 Å². The number of fused-ring (bicyclic) bond motifs is 1. The van der Waals surface area contributed by atoms with E-state index < -0.39 is 0 Å². The first kappa shape index (κ1) is 16.5. The molecule has 2 aromatic rings. The van der Waals surface area contributed by atoms with Crippen LogP contribution in [0.4, 0.5) is 10.1 Å². The third kappa shape index (κ3) is 2.85. The van der Waals surface area contributed by atoms with E-state index in [-0.39, 0.29) is 30.7 Å². The van der Waals surface area contributed by atoms with E-state index in [9.17, 15) is 9.18 Å². The van der Waals surface area contributed by atoms with E-state index in [0.717, 1.165) is 0 Å². The molecule has 0 spiro atoms. The third-order valence-corrected chi connectivity index (χ3v) is 3.69. The molecule has 0 radical (unpaired) electrons. The highest BCUT2D eigenvalue weighted by Gasteiger charge is 2.23. The second kappa shape index (κ2) is 6.46. The Balaban J connectivity index is 0.00000176. The molecule has 1 heterocycles. The van der Waals surface area contributed by atoms with Gasteiger partial charge < -0.3 is 4.90 Å². The quantitative estimate of drug-likeness (QED) is 0.780. The van der Waals surface area contributed by atoms with Crippen LogP contribution in [0.3, 0.4) is 0 Å². The lowest BCUT2D eigenvalue weighted by molar-refractivity contribution is -0.116. The summed E-state index contributed by atoms with van der Waals surface area (Å²) < 4.78 is 14.1. The van der Waals surface area contributed by atoms with E-state index in [1.165, 1.54) is 11.0 Å². The molecule has 0 atom stereocenters. The summed E-state index contributed by atoms with van der Waals surface area (Å²) in [6.45, 7) is -0.0214. The van der Waals surface area contributed by atoms with Crippen molar-refractivity contribution in [3.8, 4) is 0 Å². The van der Waals surface area contributed by atoms with Crippen LogP contribution in [0.2, 0.25) is 5.02 Å². The minimum atomic E-state index is -0.376. The number of nitrogens with zero attached hydrogens (tertiary/aromatic N) is 2. The van der Waals surface area contributed by atoms with Crippen LogP contribution < -0.4 is 4.90 Å². The summed E-state index contributed by atoms with van der Waals surface area (Å²) in [7, 11) is 1.68. The number of likely N-dealkylation sites (N-methyl/N-ethyl adjacent to an activating group) is 1. The first-order chi connectivity index (χ1) is 10.1. The summed E-state index contributed by atoms with van der Waals surface area (Å²) in [6, 6.07) is 11.5. The maximum absolute atomic E-state index is 14.1. The van der Waals surface area contributed by atoms with Crippen LogP contribution in [-0.2, 0) is 4.79 Å². The number of rotatable bonds is 1. The number of aliphatic imine (C=N–C) groups is 1. The number of benzene rings is 2. The van der Waals surface area contributed by atoms with Gasteiger partial charge in [-0.2, -0.15) is 0 Å². The SMILES string of the molecule is CN1C(=O)CN=C(c2ccccc2F)c2cc(Cl)ccc21.Cl. The number of carbonyl (C=O) groups excluding carboxylic acids is 1. The number of halogens is 3. The summed E-state index contributed by atoms with van der Waals surface area (Å²) in [5.74, 6) is -0.524. The number of carbonyl (C=O) groups is 1. The first-order valence-corrected chi connectivity index (χ1v) is 6.81. The lowest BCUT2D eigenvalue weighted by Gasteiger charge is -2.18. The average molecular weight is 339 g/mol. The minimum absolute atomic E-state index is 0. The van der Waals surface area contributed by atoms with Gasteiger partial charge in [0.05, 0.1) is 11.4 Å². The number of anilines is 1. The fraction of sp³-hybridized carbons (Fsp3) is 0.125. The molecule has 1 aliphatic heterocycles. The monoisotopic (exact) mass is 338 g/mol. The Hall–Kier alpha value is -1.91. The zero-order valence-corrected chi connectivity index (χ0v) is 13.3. The van der Waals surface area contributed by atoms with Crippen LogP contribution in [0.5, 0.6) is 0 Å². The van der Waals surface area contributed by atoms with Crippen LogP contribution in [0, 0.1) is 5.82 Å². The van der Waals surface area contributed by atoms with E-state index in [2.05, 4.69) is 4.99 Å². The molecule has 6 heteroatoms. The minimum Gasteiger partial charge on any atom is -0.313 e. The second-order valence-corrected chi connectivity index (χ2v) is 5.20. The standard InChI is InChI=1S/C16H12ClFN2O.ClH/c1-20-14-7-6-10(17)8-12(14)16(19-9-15(20)21)11-4-2-3-5-13(11)18;/h2-8H,9H2,1H3;1H. The second-order valence-electron chi connectivity index (χ2n) is 4.76. The molecule has 3 nitrogen and oxygen atoms in total. The van der Waals surface area contributed by atoms with Crippen molar-refractivity contribution in [3.63, 3.8) is 0 Å². The van der Waals surface area contributed by atoms with Crippen molar-refractivity contribution < 1.29 is 9.18 Å². The van der Waals surface area contributed by atoms with Crippen molar-refractivity contribution in [2.45, 2.75) is 0 Å². The Morgan fingerprint density at radius 2 is 1.91 bits per heavy atom. The molecule has 0 N–H and O–H groups in total.